The number of nitrogens with one attached hydrogen (secondary N) is 1. The molecule has 0 aromatic rings. The second-order valence-electron chi connectivity index (χ2n) is 2.87. The predicted molar refractivity (Wildman–Crippen MR) is 40.4 cm³/mol. The van der Waals surface area contributed by atoms with Gasteiger partial charge in [0.15, 0.2) is 0 Å². The number of rotatable bonds is 1. The highest BCUT2D eigenvalue weighted by atomic mass is 16.5. The molecular weight excluding hydrogens is 176 g/mol. The lowest BCUT2D eigenvalue weighted by Gasteiger charge is -2.30. The Kier molecular flexibility index (Phi) is 2.15. The quantitative estimate of drug-likeness (QED) is 0.528. The molecule has 13 heavy (non-hydrogen) atoms. The van der Waals surface area contributed by atoms with E-state index < -0.39 is 6.35 Å². The Morgan fingerprint density at radius 1 is 1.38 bits per heavy atom. The molecule has 2 fully saturated rings. The summed E-state index contributed by atoms with van der Waals surface area (Å²) in [5.41, 5.74) is 0. The van der Waals surface area contributed by atoms with Crippen molar-refractivity contribution in [1.29, 1.82) is 0 Å². The van der Waals surface area contributed by atoms with E-state index in [0.717, 1.165) is 0 Å². The molecule has 0 aromatic carbocycles. The van der Waals surface area contributed by atoms with Gasteiger partial charge in [-0.05, 0) is 0 Å². The van der Waals surface area contributed by atoms with Crippen LogP contribution in [0.5, 0.6) is 0 Å². The Morgan fingerprint density at radius 3 is 2.85 bits per heavy atom. The summed E-state index contributed by atoms with van der Waals surface area (Å²) in [4.78, 5) is 23.5. The Bertz CT molecular complexity index is 243. The second-order valence-corrected chi connectivity index (χ2v) is 2.87. The number of nitrogens with zero attached hydrogens (tertiary/aromatic N) is 1. The van der Waals surface area contributed by atoms with Crippen molar-refractivity contribution >= 4 is 11.8 Å². The third kappa shape index (κ3) is 1.63. The van der Waals surface area contributed by atoms with Crippen LogP contribution >= 0.6 is 0 Å². The van der Waals surface area contributed by atoms with Gasteiger partial charge in [0.2, 0.25) is 12.3 Å². The monoisotopic (exact) mass is 186 g/mol. The van der Waals surface area contributed by atoms with Crippen molar-refractivity contribution in [2.24, 2.45) is 0 Å². The van der Waals surface area contributed by atoms with E-state index in [0.29, 0.717) is 13.2 Å². The first-order valence-corrected chi connectivity index (χ1v) is 4.05. The topological polar surface area (TPSA) is 67.9 Å². The number of hydrogen-bond donors (Lipinski definition) is 1. The van der Waals surface area contributed by atoms with Gasteiger partial charge in [-0.2, -0.15) is 0 Å². The summed E-state index contributed by atoms with van der Waals surface area (Å²) >= 11 is 0. The van der Waals surface area contributed by atoms with Gasteiger partial charge in [0.1, 0.15) is 13.2 Å². The van der Waals surface area contributed by atoms with Gasteiger partial charge in [-0.25, -0.2) is 0 Å². The maximum absolute atomic E-state index is 11.3. The van der Waals surface area contributed by atoms with Crippen molar-refractivity contribution in [3.8, 4) is 0 Å². The Morgan fingerprint density at radius 2 is 2.23 bits per heavy atom. The summed E-state index contributed by atoms with van der Waals surface area (Å²) in [6.45, 7) is 1.04. The molecule has 2 amide bonds. The fourth-order valence-corrected chi connectivity index (χ4v) is 1.32. The zero-order chi connectivity index (χ0) is 9.26. The van der Waals surface area contributed by atoms with Crippen LogP contribution in [0, 0.1) is 0 Å². The lowest BCUT2D eigenvalue weighted by Crippen LogP contribution is -2.52. The van der Waals surface area contributed by atoms with E-state index in [1.807, 2.05) is 0 Å². The Labute approximate surface area is 74.8 Å². The normalized spacial score (nSPS) is 29.2. The summed E-state index contributed by atoms with van der Waals surface area (Å²) < 4.78 is 10.0. The highest BCUT2D eigenvalue weighted by molar-refractivity contribution is 5.82. The van der Waals surface area contributed by atoms with Crippen LogP contribution in [0.25, 0.3) is 0 Å². The molecule has 1 atom stereocenters. The number of carbonyl (C=O) groups is 2. The largest absolute Gasteiger partial charge is 0.370 e. The van der Waals surface area contributed by atoms with Crippen LogP contribution < -0.4 is 5.32 Å². The fourth-order valence-electron chi connectivity index (χ4n) is 1.32. The minimum absolute atomic E-state index is 0.0231. The van der Waals surface area contributed by atoms with E-state index in [-0.39, 0.29) is 25.0 Å². The van der Waals surface area contributed by atoms with Gasteiger partial charge in [0.05, 0.1) is 6.61 Å². The van der Waals surface area contributed by atoms with Crippen LogP contribution in [0.2, 0.25) is 0 Å². The molecule has 2 aliphatic heterocycles. The Balaban J connectivity index is 1.98. The molecule has 0 bridgehead atoms. The lowest BCUT2D eigenvalue weighted by atomic mass is 10.4. The van der Waals surface area contributed by atoms with Gasteiger partial charge in [-0.1, -0.05) is 0 Å². The fraction of sp³-hybridized carbons (Fsp3) is 0.714. The van der Waals surface area contributed by atoms with E-state index in [4.69, 9.17) is 9.47 Å². The van der Waals surface area contributed by atoms with E-state index in [1.165, 1.54) is 4.90 Å². The maximum Gasteiger partial charge on any atom is 0.252 e. The molecule has 2 heterocycles. The van der Waals surface area contributed by atoms with Crippen molar-refractivity contribution in [1.82, 2.24) is 10.2 Å². The average Bonchev–Trinajstić information content (AvgIpc) is 2.53. The first-order chi connectivity index (χ1) is 6.27. The van der Waals surface area contributed by atoms with E-state index in [9.17, 15) is 9.59 Å². The zero-order valence-electron chi connectivity index (χ0n) is 6.99. The zero-order valence-corrected chi connectivity index (χ0v) is 6.99. The summed E-state index contributed by atoms with van der Waals surface area (Å²) in [6, 6.07) is 0. The van der Waals surface area contributed by atoms with E-state index >= 15 is 0 Å². The molecule has 72 valence electrons. The summed E-state index contributed by atoms with van der Waals surface area (Å²) in [5.74, 6) is -0.345. The van der Waals surface area contributed by atoms with Crippen molar-refractivity contribution in [2.45, 2.75) is 6.35 Å². The number of amides is 2. The summed E-state index contributed by atoms with van der Waals surface area (Å²) in [5, 5.41) is 2.54. The van der Waals surface area contributed by atoms with Crippen molar-refractivity contribution < 1.29 is 19.1 Å². The lowest BCUT2D eigenvalue weighted by molar-refractivity contribution is -0.158. The molecule has 0 spiro atoms. The van der Waals surface area contributed by atoms with Crippen molar-refractivity contribution in [3.05, 3.63) is 0 Å². The molecule has 1 N–H and O–H groups in total. The minimum Gasteiger partial charge on any atom is -0.370 e. The SMILES string of the molecule is O=C1COC(N2CCOCC2=O)N1. The molecule has 0 saturated carbocycles. The van der Waals surface area contributed by atoms with Crippen LogP contribution in [0.3, 0.4) is 0 Å². The molecule has 2 aliphatic rings. The standard InChI is InChI=1S/C7H10N2O4/c10-5-3-13-7(8-5)9-1-2-12-4-6(9)11/h7H,1-4H2,(H,8,10). The smallest absolute Gasteiger partial charge is 0.252 e. The molecule has 2 rings (SSSR count). The average molecular weight is 186 g/mol. The van der Waals surface area contributed by atoms with Crippen LogP contribution in [0.15, 0.2) is 0 Å². The molecule has 0 radical (unpaired) electrons. The van der Waals surface area contributed by atoms with Gasteiger partial charge in [-0.15, -0.1) is 0 Å². The van der Waals surface area contributed by atoms with Gasteiger partial charge in [-0.3, -0.25) is 14.5 Å². The van der Waals surface area contributed by atoms with Crippen LogP contribution in [-0.4, -0.2) is 49.4 Å². The van der Waals surface area contributed by atoms with Crippen molar-refractivity contribution in [3.63, 3.8) is 0 Å². The van der Waals surface area contributed by atoms with Gasteiger partial charge >= 0.3 is 0 Å². The van der Waals surface area contributed by atoms with Gasteiger partial charge in [0, 0.05) is 6.54 Å². The van der Waals surface area contributed by atoms with E-state index in [1.54, 1.807) is 0 Å². The van der Waals surface area contributed by atoms with Crippen LogP contribution in [0.1, 0.15) is 0 Å². The third-order valence-corrected chi connectivity index (χ3v) is 1.96. The van der Waals surface area contributed by atoms with Gasteiger partial charge < -0.3 is 14.8 Å². The highest BCUT2D eigenvalue weighted by Crippen LogP contribution is 2.07. The molecule has 6 heteroatoms. The Hall–Kier alpha value is -1.14. The number of morpholine rings is 1. The number of carbonyl (C=O) groups excluding carboxylic acids is 2. The molecule has 6 nitrogen and oxygen atoms in total. The number of hydrogen-bond acceptors (Lipinski definition) is 4. The highest BCUT2D eigenvalue weighted by Gasteiger charge is 2.32. The van der Waals surface area contributed by atoms with Crippen molar-refractivity contribution in [2.75, 3.05) is 26.4 Å². The molecule has 2 saturated heterocycles. The minimum atomic E-state index is -0.594. The molecular formula is C7H10N2O4. The summed E-state index contributed by atoms with van der Waals surface area (Å²) in [7, 11) is 0. The first-order valence-electron chi connectivity index (χ1n) is 4.05. The second kappa shape index (κ2) is 3.31. The molecule has 1 unspecified atom stereocenters. The van der Waals surface area contributed by atoms with Crippen LogP contribution in [-0.2, 0) is 19.1 Å². The van der Waals surface area contributed by atoms with Crippen LogP contribution in [0.4, 0.5) is 0 Å². The predicted octanol–water partition coefficient (Wildman–Crippen LogP) is -1.72. The maximum atomic E-state index is 11.3. The van der Waals surface area contributed by atoms with Gasteiger partial charge in [0.25, 0.3) is 5.91 Å². The molecule has 0 aromatic heterocycles. The summed E-state index contributed by atoms with van der Waals surface area (Å²) in [6.07, 6.45) is -0.594. The first kappa shape index (κ1) is 8.46. The third-order valence-electron chi connectivity index (χ3n) is 1.96. The number of ether oxygens (including phenoxy) is 2. The van der Waals surface area contributed by atoms with E-state index in [2.05, 4.69) is 5.32 Å². The molecule has 0 aliphatic carbocycles.